The molecule has 0 heterocycles. The molecule has 1 amide bonds. The van der Waals surface area contributed by atoms with Gasteiger partial charge in [-0.05, 0) is 19.3 Å². The van der Waals surface area contributed by atoms with Crippen LogP contribution in [0.3, 0.4) is 0 Å². The van der Waals surface area contributed by atoms with Crippen LogP contribution >= 0.6 is 0 Å². The van der Waals surface area contributed by atoms with Crippen molar-refractivity contribution in [2.75, 3.05) is 13.2 Å². The molecule has 0 aromatic heterocycles. The van der Waals surface area contributed by atoms with Gasteiger partial charge in [-0.15, -0.1) is 0 Å². The lowest BCUT2D eigenvalue weighted by Crippen LogP contribution is -2.50. The van der Waals surface area contributed by atoms with Crippen LogP contribution in [0.1, 0.15) is 27.2 Å². The van der Waals surface area contributed by atoms with Crippen LogP contribution in [0.15, 0.2) is 0 Å². The summed E-state index contributed by atoms with van der Waals surface area (Å²) in [5.74, 6) is 0.0123. The van der Waals surface area contributed by atoms with Gasteiger partial charge >= 0.3 is 0 Å². The number of primary amides is 1. The van der Waals surface area contributed by atoms with E-state index in [1.807, 2.05) is 0 Å². The lowest BCUT2D eigenvalue weighted by atomic mass is 9.99. The van der Waals surface area contributed by atoms with Gasteiger partial charge in [-0.2, -0.15) is 0 Å². The molecule has 0 aromatic rings. The third-order valence-corrected chi connectivity index (χ3v) is 1.78. The van der Waals surface area contributed by atoms with Crippen molar-refractivity contribution in [2.24, 2.45) is 17.4 Å². The Balaban J connectivity index is 3.58. The zero-order chi connectivity index (χ0) is 10.5. The fourth-order valence-electron chi connectivity index (χ4n) is 0.726. The molecule has 1 unspecified atom stereocenters. The average molecular weight is 188 g/mol. The van der Waals surface area contributed by atoms with E-state index in [1.165, 1.54) is 0 Å². The first-order valence-electron chi connectivity index (χ1n) is 4.53. The Morgan fingerprint density at radius 2 is 2.08 bits per heavy atom. The SMILES string of the molecule is CC(C)COCCC(C)(N)C(N)=O. The van der Waals surface area contributed by atoms with Crippen LogP contribution in [-0.4, -0.2) is 24.7 Å². The predicted molar refractivity (Wildman–Crippen MR) is 52.1 cm³/mol. The minimum Gasteiger partial charge on any atom is -0.381 e. The summed E-state index contributed by atoms with van der Waals surface area (Å²) in [6.45, 7) is 6.92. The Hall–Kier alpha value is -0.610. The maximum Gasteiger partial charge on any atom is 0.237 e. The molecule has 0 saturated carbocycles. The van der Waals surface area contributed by atoms with Crippen molar-refractivity contribution in [3.63, 3.8) is 0 Å². The van der Waals surface area contributed by atoms with E-state index in [2.05, 4.69) is 13.8 Å². The second-order valence-corrected chi connectivity index (χ2v) is 4.00. The quantitative estimate of drug-likeness (QED) is 0.586. The fraction of sp³-hybridized carbons (Fsp3) is 0.889. The second-order valence-electron chi connectivity index (χ2n) is 4.00. The number of amides is 1. The van der Waals surface area contributed by atoms with E-state index in [9.17, 15) is 4.79 Å². The van der Waals surface area contributed by atoms with Gasteiger partial charge in [0.05, 0.1) is 5.54 Å². The molecule has 0 saturated heterocycles. The summed E-state index contributed by atoms with van der Waals surface area (Å²) in [7, 11) is 0. The lowest BCUT2D eigenvalue weighted by molar-refractivity contribution is -0.123. The van der Waals surface area contributed by atoms with Crippen molar-refractivity contribution in [3.8, 4) is 0 Å². The van der Waals surface area contributed by atoms with Crippen molar-refractivity contribution in [1.29, 1.82) is 0 Å². The molecule has 4 heteroatoms. The summed E-state index contributed by atoms with van der Waals surface area (Å²) in [6.07, 6.45) is 0.467. The van der Waals surface area contributed by atoms with Gasteiger partial charge in [-0.25, -0.2) is 0 Å². The summed E-state index contributed by atoms with van der Waals surface area (Å²) < 4.78 is 5.29. The Labute approximate surface area is 79.6 Å². The summed E-state index contributed by atoms with van der Waals surface area (Å²) in [4.78, 5) is 10.8. The third kappa shape index (κ3) is 5.60. The third-order valence-electron chi connectivity index (χ3n) is 1.78. The largest absolute Gasteiger partial charge is 0.381 e. The van der Waals surface area contributed by atoms with Crippen LogP contribution in [0.4, 0.5) is 0 Å². The highest BCUT2D eigenvalue weighted by Gasteiger charge is 2.24. The molecule has 78 valence electrons. The van der Waals surface area contributed by atoms with E-state index < -0.39 is 11.4 Å². The molecule has 13 heavy (non-hydrogen) atoms. The van der Waals surface area contributed by atoms with E-state index >= 15 is 0 Å². The highest BCUT2D eigenvalue weighted by Crippen LogP contribution is 2.05. The highest BCUT2D eigenvalue weighted by molar-refractivity contribution is 5.83. The van der Waals surface area contributed by atoms with Gasteiger partial charge in [0.1, 0.15) is 0 Å². The predicted octanol–water partition coefficient (Wildman–Crippen LogP) is 0.252. The van der Waals surface area contributed by atoms with Crippen LogP contribution in [0.2, 0.25) is 0 Å². The highest BCUT2D eigenvalue weighted by atomic mass is 16.5. The number of rotatable bonds is 6. The number of hydrogen-bond acceptors (Lipinski definition) is 3. The summed E-state index contributed by atoms with van der Waals surface area (Å²) in [5, 5.41) is 0. The molecule has 4 N–H and O–H groups in total. The number of ether oxygens (including phenoxy) is 1. The zero-order valence-corrected chi connectivity index (χ0v) is 8.67. The van der Waals surface area contributed by atoms with Crippen LogP contribution < -0.4 is 11.5 Å². The molecule has 0 radical (unpaired) electrons. The number of hydrogen-bond donors (Lipinski definition) is 2. The zero-order valence-electron chi connectivity index (χ0n) is 8.67. The van der Waals surface area contributed by atoms with E-state index in [4.69, 9.17) is 16.2 Å². The van der Waals surface area contributed by atoms with Gasteiger partial charge in [-0.3, -0.25) is 4.79 Å². The van der Waals surface area contributed by atoms with Crippen molar-refractivity contribution in [3.05, 3.63) is 0 Å². The van der Waals surface area contributed by atoms with Crippen molar-refractivity contribution in [2.45, 2.75) is 32.7 Å². The number of nitrogens with two attached hydrogens (primary N) is 2. The van der Waals surface area contributed by atoms with Crippen molar-refractivity contribution in [1.82, 2.24) is 0 Å². The van der Waals surface area contributed by atoms with Gasteiger partial charge in [0.25, 0.3) is 0 Å². The molecule has 0 aromatic carbocycles. The van der Waals surface area contributed by atoms with Crippen LogP contribution in [0.5, 0.6) is 0 Å². The molecule has 0 fully saturated rings. The number of carbonyl (C=O) groups is 1. The maximum absolute atomic E-state index is 10.8. The molecule has 0 aliphatic rings. The first kappa shape index (κ1) is 12.4. The van der Waals surface area contributed by atoms with E-state index in [0.717, 1.165) is 0 Å². The van der Waals surface area contributed by atoms with E-state index in [-0.39, 0.29) is 0 Å². The molecule has 0 aliphatic carbocycles. The van der Waals surface area contributed by atoms with Crippen LogP contribution in [-0.2, 0) is 9.53 Å². The minimum atomic E-state index is -0.947. The molecule has 0 aliphatic heterocycles. The van der Waals surface area contributed by atoms with E-state index in [0.29, 0.717) is 25.6 Å². The molecular weight excluding hydrogens is 168 g/mol. The van der Waals surface area contributed by atoms with Gasteiger partial charge in [0, 0.05) is 13.2 Å². The molecular formula is C9H20N2O2. The van der Waals surface area contributed by atoms with Crippen LogP contribution in [0.25, 0.3) is 0 Å². The van der Waals surface area contributed by atoms with Gasteiger partial charge < -0.3 is 16.2 Å². The molecule has 0 bridgehead atoms. The smallest absolute Gasteiger partial charge is 0.237 e. The van der Waals surface area contributed by atoms with Gasteiger partial charge in [0.2, 0.25) is 5.91 Å². The molecule has 4 nitrogen and oxygen atoms in total. The molecule has 0 spiro atoms. The summed E-state index contributed by atoms with van der Waals surface area (Å²) >= 11 is 0. The summed E-state index contributed by atoms with van der Waals surface area (Å²) in [5.41, 5.74) is 9.77. The standard InChI is InChI=1S/C9H20N2O2/c1-7(2)6-13-5-4-9(3,11)8(10)12/h7H,4-6,11H2,1-3H3,(H2,10,12). The van der Waals surface area contributed by atoms with Crippen molar-refractivity contribution < 1.29 is 9.53 Å². The Morgan fingerprint density at radius 3 is 2.46 bits per heavy atom. The monoisotopic (exact) mass is 188 g/mol. The first-order valence-corrected chi connectivity index (χ1v) is 4.53. The van der Waals surface area contributed by atoms with Gasteiger partial charge in [-0.1, -0.05) is 13.8 Å². The average Bonchev–Trinajstić information content (AvgIpc) is 1.97. The summed E-state index contributed by atoms with van der Waals surface area (Å²) in [6, 6.07) is 0. The normalized spacial score (nSPS) is 15.8. The fourth-order valence-corrected chi connectivity index (χ4v) is 0.726. The Kier molecular flexibility index (Phi) is 4.95. The molecule has 0 rings (SSSR count). The second kappa shape index (κ2) is 5.19. The minimum absolute atomic E-state index is 0.467. The van der Waals surface area contributed by atoms with Gasteiger partial charge in [0.15, 0.2) is 0 Å². The molecule has 1 atom stereocenters. The number of carbonyl (C=O) groups excluding carboxylic acids is 1. The maximum atomic E-state index is 10.8. The van der Waals surface area contributed by atoms with Crippen molar-refractivity contribution >= 4 is 5.91 Å². The Morgan fingerprint density at radius 1 is 1.54 bits per heavy atom. The van der Waals surface area contributed by atoms with E-state index in [1.54, 1.807) is 6.92 Å². The Bertz CT molecular complexity index is 167. The van der Waals surface area contributed by atoms with Crippen LogP contribution in [0, 0.1) is 5.92 Å². The lowest BCUT2D eigenvalue weighted by Gasteiger charge is -2.20. The topological polar surface area (TPSA) is 78.3 Å². The first-order chi connectivity index (χ1) is 5.86.